The number of nitrogen functional groups attached to an aromatic ring is 1. The number of nitriles is 1. The zero-order valence-electron chi connectivity index (χ0n) is 11.3. The largest absolute Gasteiger partial charge is 0.452 e. The molecule has 3 N–H and O–H groups in total. The lowest BCUT2D eigenvalue weighted by Crippen LogP contribution is -2.29. The molecule has 0 unspecified atom stereocenters. The topological polar surface area (TPSA) is 108 Å². The van der Waals surface area contributed by atoms with Gasteiger partial charge in [-0.25, -0.2) is 4.79 Å². The molecular formula is C13H16N4O3. The third kappa shape index (κ3) is 4.17. The van der Waals surface area contributed by atoms with Crippen molar-refractivity contribution in [3.05, 3.63) is 23.8 Å². The van der Waals surface area contributed by atoms with Crippen LogP contribution in [0.5, 0.6) is 0 Å². The molecule has 20 heavy (non-hydrogen) atoms. The Morgan fingerprint density at radius 2 is 2.15 bits per heavy atom. The molecule has 0 radical (unpaired) electrons. The Morgan fingerprint density at radius 1 is 1.45 bits per heavy atom. The Kier molecular flexibility index (Phi) is 5.35. The monoisotopic (exact) mass is 276 g/mol. The van der Waals surface area contributed by atoms with E-state index in [1.54, 1.807) is 37.2 Å². The standard InChI is InChI=1S/C13H16N4O3/c1-17(2)11-4-3-9(15)7-10(11)13(19)20-8-12(18)16-6-5-14/h3-4,7H,6,8,15H2,1-2H3,(H,16,18). The molecule has 7 heteroatoms. The van der Waals surface area contributed by atoms with Gasteiger partial charge in [0.25, 0.3) is 5.91 Å². The summed E-state index contributed by atoms with van der Waals surface area (Å²) in [5, 5.41) is 10.6. The first-order chi connectivity index (χ1) is 9.45. The molecule has 0 aliphatic carbocycles. The van der Waals surface area contributed by atoms with Crippen molar-refractivity contribution in [2.75, 3.05) is 37.9 Å². The summed E-state index contributed by atoms with van der Waals surface area (Å²) in [6, 6.07) is 6.61. The number of amides is 1. The second-order valence-electron chi connectivity index (χ2n) is 4.18. The van der Waals surface area contributed by atoms with Crippen molar-refractivity contribution >= 4 is 23.3 Å². The smallest absolute Gasteiger partial charge is 0.340 e. The van der Waals surface area contributed by atoms with E-state index in [1.165, 1.54) is 6.07 Å². The molecule has 0 saturated carbocycles. The minimum atomic E-state index is -0.645. The van der Waals surface area contributed by atoms with Crippen molar-refractivity contribution in [2.24, 2.45) is 0 Å². The van der Waals surface area contributed by atoms with Gasteiger partial charge in [-0.15, -0.1) is 0 Å². The van der Waals surface area contributed by atoms with Crippen molar-refractivity contribution in [3.8, 4) is 6.07 Å². The summed E-state index contributed by atoms with van der Waals surface area (Å²) < 4.78 is 4.89. The van der Waals surface area contributed by atoms with E-state index >= 15 is 0 Å². The van der Waals surface area contributed by atoms with Crippen molar-refractivity contribution < 1.29 is 14.3 Å². The van der Waals surface area contributed by atoms with Crippen molar-refractivity contribution in [1.82, 2.24) is 5.32 Å². The van der Waals surface area contributed by atoms with E-state index in [2.05, 4.69) is 5.32 Å². The van der Waals surface area contributed by atoms with Crippen LogP contribution in [0.15, 0.2) is 18.2 Å². The highest BCUT2D eigenvalue weighted by atomic mass is 16.5. The van der Waals surface area contributed by atoms with Crippen molar-refractivity contribution in [1.29, 1.82) is 5.26 Å². The summed E-state index contributed by atoms with van der Waals surface area (Å²) in [7, 11) is 3.56. The SMILES string of the molecule is CN(C)c1ccc(N)cc1C(=O)OCC(=O)NCC#N. The van der Waals surface area contributed by atoms with Crippen LogP contribution in [0.25, 0.3) is 0 Å². The lowest BCUT2D eigenvalue weighted by Gasteiger charge is -2.17. The van der Waals surface area contributed by atoms with Gasteiger partial charge in [0.2, 0.25) is 0 Å². The summed E-state index contributed by atoms with van der Waals surface area (Å²) in [5.41, 5.74) is 6.99. The number of carbonyl (C=O) groups excluding carboxylic acids is 2. The number of esters is 1. The van der Waals surface area contributed by atoms with Crippen molar-refractivity contribution in [3.63, 3.8) is 0 Å². The number of nitrogens with one attached hydrogen (secondary N) is 1. The molecule has 1 aromatic rings. The number of carbonyl (C=O) groups is 2. The van der Waals surface area contributed by atoms with Gasteiger partial charge in [0.05, 0.1) is 17.3 Å². The quantitative estimate of drug-likeness (QED) is 0.449. The number of nitrogens with two attached hydrogens (primary N) is 1. The zero-order valence-corrected chi connectivity index (χ0v) is 11.3. The van der Waals surface area contributed by atoms with E-state index in [1.807, 2.05) is 0 Å². The third-order valence-electron chi connectivity index (χ3n) is 2.42. The van der Waals surface area contributed by atoms with Gasteiger partial charge in [0, 0.05) is 19.8 Å². The van der Waals surface area contributed by atoms with Gasteiger partial charge in [0.15, 0.2) is 6.61 Å². The number of hydrogen-bond donors (Lipinski definition) is 2. The number of hydrogen-bond acceptors (Lipinski definition) is 6. The normalized spacial score (nSPS) is 9.45. The highest BCUT2D eigenvalue weighted by Crippen LogP contribution is 2.22. The minimum Gasteiger partial charge on any atom is -0.452 e. The van der Waals surface area contributed by atoms with E-state index < -0.39 is 18.5 Å². The predicted molar refractivity (Wildman–Crippen MR) is 74.1 cm³/mol. The van der Waals surface area contributed by atoms with Gasteiger partial charge in [-0.1, -0.05) is 0 Å². The van der Waals surface area contributed by atoms with Gasteiger partial charge in [-0.3, -0.25) is 4.79 Å². The minimum absolute atomic E-state index is 0.127. The zero-order chi connectivity index (χ0) is 15.1. The average molecular weight is 276 g/mol. The molecule has 0 fully saturated rings. The summed E-state index contributed by atoms with van der Waals surface area (Å²) in [4.78, 5) is 24.9. The van der Waals surface area contributed by atoms with Gasteiger partial charge in [0.1, 0.15) is 6.54 Å². The molecule has 0 aliphatic rings. The molecule has 1 aromatic carbocycles. The van der Waals surface area contributed by atoms with Crippen LogP contribution >= 0.6 is 0 Å². The second-order valence-corrected chi connectivity index (χ2v) is 4.18. The van der Waals surface area contributed by atoms with Crippen LogP contribution in [0.2, 0.25) is 0 Å². The maximum absolute atomic E-state index is 12.0. The van der Waals surface area contributed by atoms with Crippen LogP contribution in [0, 0.1) is 11.3 Å². The molecule has 0 aliphatic heterocycles. The number of benzene rings is 1. The van der Waals surface area contributed by atoms with Crippen molar-refractivity contribution in [2.45, 2.75) is 0 Å². The fraction of sp³-hybridized carbons (Fsp3) is 0.308. The lowest BCUT2D eigenvalue weighted by atomic mass is 10.1. The molecule has 0 aromatic heterocycles. The summed E-state index contributed by atoms with van der Waals surface area (Å²) >= 11 is 0. The second kappa shape index (κ2) is 6.99. The van der Waals surface area contributed by atoms with Gasteiger partial charge in [-0.05, 0) is 18.2 Å². The number of nitrogens with zero attached hydrogens (tertiary/aromatic N) is 2. The first kappa shape index (κ1) is 15.3. The predicted octanol–water partition coefficient (Wildman–Crippen LogP) is 0.131. The summed E-state index contributed by atoms with van der Waals surface area (Å²) in [6.45, 7) is -0.570. The number of anilines is 2. The maximum atomic E-state index is 12.0. The van der Waals surface area contributed by atoms with E-state index in [0.717, 1.165) is 0 Å². The van der Waals surface area contributed by atoms with Crippen LogP contribution in [0.4, 0.5) is 11.4 Å². The Morgan fingerprint density at radius 3 is 2.75 bits per heavy atom. The molecule has 1 amide bonds. The van der Waals surface area contributed by atoms with Crippen LogP contribution in [-0.2, 0) is 9.53 Å². The van der Waals surface area contributed by atoms with Gasteiger partial charge in [-0.2, -0.15) is 5.26 Å². The highest BCUT2D eigenvalue weighted by molar-refractivity contribution is 5.97. The Bertz CT molecular complexity index is 549. The Balaban J connectivity index is 2.75. The van der Waals surface area contributed by atoms with Crippen LogP contribution < -0.4 is 16.0 Å². The Labute approximate surface area is 116 Å². The highest BCUT2D eigenvalue weighted by Gasteiger charge is 2.16. The van der Waals surface area contributed by atoms with Crippen LogP contribution in [-0.4, -0.2) is 39.1 Å². The molecule has 106 valence electrons. The third-order valence-corrected chi connectivity index (χ3v) is 2.42. The first-order valence-electron chi connectivity index (χ1n) is 5.83. The van der Waals surface area contributed by atoms with E-state index in [4.69, 9.17) is 15.7 Å². The first-order valence-corrected chi connectivity index (χ1v) is 5.83. The fourth-order valence-electron chi connectivity index (χ4n) is 1.51. The average Bonchev–Trinajstić information content (AvgIpc) is 2.41. The number of ether oxygens (including phenoxy) is 1. The summed E-state index contributed by atoms with van der Waals surface area (Å²) in [6.07, 6.45) is 0. The molecule has 7 nitrogen and oxygen atoms in total. The van der Waals surface area contributed by atoms with E-state index in [9.17, 15) is 9.59 Å². The van der Waals surface area contributed by atoms with Crippen LogP contribution in [0.1, 0.15) is 10.4 Å². The number of rotatable bonds is 5. The Hall–Kier alpha value is -2.75. The van der Waals surface area contributed by atoms with E-state index in [-0.39, 0.29) is 12.1 Å². The van der Waals surface area contributed by atoms with E-state index in [0.29, 0.717) is 11.4 Å². The molecule has 0 spiro atoms. The molecular weight excluding hydrogens is 260 g/mol. The summed E-state index contributed by atoms with van der Waals surface area (Å²) in [5.74, 6) is -1.18. The lowest BCUT2D eigenvalue weighted by molar-refractivity contribution is -0.123. The van der Waals surface area contributed by atoms with Gasteiger partial charge >= 0.3 is 5.97 Å². The molecule has 0 heterocycles. The molecule has 1 rings (SSSR count). The molecule has 0 atom stereocenters. The van der Waals surface area contributed by atoms with Gasteiger partial charge < -0.3 is 20.7 Å². The van der Waals surface area contributed by atoms with Crippen LogP contribution in [0.3, 0.4) is 0 Å². The fourth-order valence-corrected chi connectivity index (χ4v) is 1.51. The maximum Gasteiger partial charge on any atom is 0.340 e. The molecule has 0 saturated heterocycles. The molecule has 0 bridgehead atoms.